The molecule has 5 N–H and O–H groups in total. The molecule has 1 saturated heterocycles. The second kappa shape index (κ2) is 9.68. The highest BCUT2D eigenvalue weighted by Crippen LogP contribution is 2.45. The number of nitriles is 1. The monoisotopic (exact) mass is 442 g/mol. The molecule has 1 aliphatic heterocycles. The normalized spacial score (nSPS) is 22.6. The van der Waals surface area contributed by atoms with E-state index in [0.717, 1.165) is 12.8 Å². The van der Waals surface area contributed by atoms with Gasteiger partial charge in [-0.15, -0.1) is 0 Å². The van der Waals surface area contributed by atoms with Crippen LogP contribution in [0.4, 0.5) is 14.9 Å². The minimum absolute atomic E-state index is 0.0643. The van der Waals surface area contributed by atoms with Crippen molar-refractivity contribution in [3.8, 4) is 6.07 Å². The quantitative estimate of drug-likeness (QED) is 0.334. The lowest BCUT2D eigenvalue weighted by Gasteiger charge is -2.35. The van der Waals surface area contributed by atoms with Gasteiger partial charge in [-0.1, -0.05) is 6.92 Å². The minimum Gasteiger partial charge on any atom is -0.449 e. The van der Waals surface area contributed by atoms with Crippen LogP contribution in [0.3, 0.4) is 0 Å². The Hall–Kier alpha value is -3.61. The van der Waals surface area contributed by atoms with Gasteiger partial charge in [-0.05, 0) is 43.5 Å². The van der Waals surface area contributed by atoms with Gasteiger partial charge in [0.25, 0.3) is 5.91 Å². The molecule has 0 aromatic heterocycles. The summed E-state index contributed by atoms with van der Waals surface area (Å²) in [7, 11) is 0. The third kappa shape index (κ3) is 5.97. The van der Waals surface area contributed by atoms with Crippen LogP contribution >= 0.6 is 0 Å². The molecule has 0 unspecified atom stereocenters. The van der Waals surface area contributed by atoms with Crippen molar-refractivity contribution in [1.82, 2.24) is 10.2 Å². The molecule has 1 aromatic rings. The number of amidine groups is 1. The van der Waals surface area contributed by atoms with Gasteiger partial charge in [0.05, 0.1) is 29.9 Å². The summed E-state index contributed by atoms with van der Waals surface area (Å²) in [5.41, 5.74) is 11.7. The van der Waals surface area contributed by atoms with Crippen LogP contribution in [0.5, 0.6) is 0 Å². The fourth-order valence-electron chi connectivity index (χ4n) is 3.31. The van der Waals surface area contributed by atoms with E-state index >= 15 is 0 Å². The molecular formula is C22H27FN6O3. The number of ether oxygens (including phenoxy) is 1. The summed E-state index contributed by atoms with van der Waals surface area (Å²) < 4.78 is 18.4. The first-order valence-electron chi connectivity index (χ1n) is 10.4. The van der Waals surface area contributed by atoms with E-state index in [4.69, 9.17) is 16.2 Å². The number of hydrogen-bond acceptors (Lipinski definition) is 6. The third-order valence-corrected chi connectivity index (χ3v) is 5.74. The van der Waals surface area contributed by atoms with E-state index < -0.39 is 23.7 Å². The lowest BCUT2D eigenvalue weighted by Crippen LogP contribution is -2.50. The largest absolute Gasteiger partial charge is 0.449 e. The molecule has 1 aromatic carbocycles. The van der Waals surface area contributed by atoms with Crippen molar-refractivity contribution < 1.29 is 18.7 Å². The highest BCUT2D eigenvalue weighted by atomic mass is 19.1. The first kappa shape index (κ1) is 23.1. The van der Waals surface area contributed by atoms with Gasteiger partial charge in [-0.3, -0.25) is 4.79 Å². The number of carbonyl (C=O) groups excluding carboxylic acids is 2. The van der Waals surface area contributed by atoms with Crippen LogP contribution in [0.1, 0.15) is 26.2 Å². The van der Waals surface area contributed by atoms with Crippen molar-refractivity contribution in [1.29, 1.82) is 5.26 Å². The molecule has 1 aliphatic carbocycles. The number of benzene rings is 1. The standard InChI is InChI=1S/C22H27FN6O3/c1-22(7-8-22)13-32-21(31)29-9-6-18(14(10-24)12-29)27-11-17(20(26)30)19(25)28-16-4-2-15(23)3-5-16/h2-5,11,14,18,27H,6-9,12-13H2,1H3,(H2,25,28)(H2,26,30)/b17-11+/t14-,18-/m1/s1. The Bertz CT molecular complexity index is 965. The number of likely N-dealkylation sites (tertiary alicyclic amines) is 1. The number of amides is 2. The predicted octanol–water partition coefficient (Wildman–Crippen LogP) is 1.92. The van der Waals surface area contributed by atoms with Gasteiger partial charge in [0, 0.05) is 30.7 Å². The molecular weight excluding hydrogens is 415 g/mol. The number of aliphatic imine (C=N–C) groups is 1. The number of nitrogens with two attached hydrogens (primary N) is 2. The van der Waals surface area contributed by atoms with Crippen molar-refractivity contribution >= 4 is 23.5 Å². The molecule has 2 aliphatic rings. The Morgan fingerprint density at radius 3 is 2.66 bits per heavy atom. The van der Waals surface area contributed by atoms with Crippen molar-refractivity contribution in [2.24, 2.45) is 27.8 Å². The van der Waals surface area contributed by atoms with E-state index in [-0.39, 0.29) is 29.4 Å². The summed E-state index contributed by atoms with van der Waals surface area (Å²) in [5.74, 6) is -1.88. The van der Waals surface area contributed by atoms with E-state index in [1.54, 1.807) is 0 Å². The topological polar surface area (TPSA) is 147 Å². The maximum absolute atomic E-state index is 13.0. The number of halogens is 1. The summed E-state index contributed by atoms with van der Waals surface area (Å²) >= 11 is 0. The third-order valence-electron chi connectivity index (χ3n) is 5.74. The number of nitrogens with one attached hydrogen (secondary N) is 1. The van der Waals surface area contributed by atoms with Gasteiger partial charge < -0.3 is 26.4 Å². The van der Waals surface area contributed by atoms with Crippen molar-refractivity contribution in [3.63, 3.8) is 0 Å². The lowest BCUT2D eigenvalue weighted by molar-refractivity contribution is -0.114. The second-order valence-electron chi connectivity index (χ2n) is 8.50. The maximum atomic E-state index is 13.0. The summed E-state index contributed by atoms with van der Waals surface area (Å²) in [6.45, 7) is 3.08. The van der Waals surface area contributed by atoms with Gasteiger partial charge >= 0.3 is 6.09 Å². The summed E-state index contributed by atoms with van der Waals surface area (Å²) in [4.78, 5) is 29.8. The molecule has 1 saturated carbocycles. The maximum Gasteiger partial charge on any atom is 0.409 e. The number of primary amides is 1. The van der Waals surface area contributed by atoms with Gasteiger partial charge in [0.2, 0.25) is 0 Å². The molecule has 0 bridgehead atoms. The van der Waals surface area contributed by atoms with Crippen LogP contribution in [-0.4, -0.2) is 48.5 Å². The summed E-state index contributed by atoms with van der Waals surface area (Å²) in [5, 5.41) is 12.6. The van der Waals surface area contributed by atoms with Crippen LogP contribution in [0.2, 0.25) is 0 Å². The molecule has 2 atom stereocenters. The van der Waals surface area contributed by atoms with Crippen molar-refractivity contribution in [2.75, 3.05) is 19.7 Å². The highest BCUT2D eigenvalue weighted by Gasteiger charge is 2.39. The van der Waals surface area contributed by atoms with Gasteiger partial charge in [-0.2, -0.15) is 5.26 Å². The molecule has 32 heavy (non-hydrogen) atoms. The first-order valence-corrected chi connectivity index (χ1v) is 10.4. The molecule has 3 rings (SSSR count). The average Bonchev–Trinajstić information content (AvgIpc) is 3.51. The number of nitrogens with zero attached hydrogens (tertiary/aromatic N) is 3. The van der Waals surface area contributed by atoms with Gasteiger partial charge in [0.1, 0.15) is 11.7 Å². The lowest BCUT2D eigenvalue weighted by atomic mass is 9.93. The number of rotatable bonds is 7. The van der Waals surface area contributed by atoms with E-state index in [9.17, 15) is 19.2 Å². The summed E-state index contributed by atoms with van der Waals surface area (Å²) in [6.07, 6.45) is 3.50. The van der Waals surface area contributed by atoms with Crippen LogP contribution in [0.25, 0.3) is 0 Å². The van der Waals surface area contributed by atoms with E-state index in [1.165, 1.54) is 35.4 Å². The SMILES string of the molecule is CC1(COC(=O)N2CC[C@@H](N/C=C(/C(N)=O)C(N)=Nc3ccc(F)cc3)[C@H](C#N)C2)CC1. The Morgan fingerprint density at radius 2 is 2.06 bits per heavy atom. The molecule has 2 fully saturated rings. The number of hydrogen-bond donors (Lipinski definition) is 3. The van der Waals surface area contributed by atoms with E-state index in [0.29, 0.717) is 25.3 Å². The van der Waals surface area contributed by atoms with Crippen molar-refractivity contribution in [3.05, 3.63) is 41.9 Å². The van der Waals surface area contributed by atoms with E-state index in [1.807, 2.05) is 0 Å². The zero-order valence-corrected chi connectivity index (χ0v) is 17.9. The Labute approximate surface area is 185 Å². The molecule has 9 nitrogen and oxygen atoms in total. The highest BCUT2D eigenvalue weighted by molar-refractivity contribution is 6.20. The Kier molecular flexibility index (Phi) is 6.98. The number of carbonyl (C=O) groups is 2. The minimum atomic E-state index is -0.802. The molecule has 1 heterocycles. The molecule has 10 heteroatoms. The van der Waals surface area contributed by atoms with Crippen LogP contribution < -0.4 is 16.8 Å². The molecule has 0 spiro atoms. The fourth-order valence-corrected chi connectivity index (χ4v) is 3.31. The zero-order valence-electron chi connectivity index (χ0n) is 17.9. The molecule has 0 radical (unpaired) electrons. The predicted molar refractivity (Wildman–Crippen MR) is 116 cm³/mol. The number of piperidine rings is 1. The van der Waals surface area contributed by atoms with Crippen LogP contribution in [0.15, 0.2) is 41.0 Å². The summed E-state index contributed by atoms with van der Waals surface area (Å²) in [6, 6.07) is 7.15. The second-order valence-corrected chi connectivity index (χ2v) is 8.50. The van der Waals surface area contributed by atoms with Crippen LogP contribution in [-0.2, 0) is 9.53 Å². The average molecular weight is 442 g/mol. The smallest absolute Gasteiger partial charge is 0.409 e. The molecule has 2 amide bonds. The molecule has 170 valence electrons. The van der Waals surface area contributed by atoms with Gasteiger partial charge in [0.15, 0.2) is 0 Å². The Balaban J connectivity index is 1.62. The first-order chi connectivity index (χ1) is 15.2. The van der Waals surface area contributed by atoms with Gasteiger partial charge in [-0.25, -0.2) is 14.2 Å². The van der Waals surface area contributed by atoms with Crippen molar-refractivity contribution in [2.45, 2.75) is 32.2 Å². The van der Waals surface area contributed by atoms with E-state index in [2.05, 4.69) is 23.3 Å². The zero-order chi connectivity index (χ0) is 23.3. The fraction of sp³-hybridized carbons (Fsp3) is 0.455. The van der Waals surface area contributed by atoms with Crippen LogP contribution in [0, 0.1) is 28.5 Å². The Morgan fingerprint density at radius 1 is 1.38 bits per heavy atom.